The number of H-pyrrole nitrogens is 1. The first-order valence-corrected chi connectivity index (χ1v) is 20.0. The Morgan fingerprint density at radius 1 is 0.873 bits per heavy atom. The lowest BCUT2D eigenvalue weighted by atomic mass is 10.0. The van der Waals surface area contributed by atoms with Gasteiger partial charge in [-0.3, -0.25) is 28.9 Å². The van der Waals surface area contributed by atoms with Crippen LogP contribution >= 0.6 is 12.2 Å². The number of aromatic nitrogens is 2. The van der Waals surface area contributed by atoms with Gasteiger partial charge in [0.2, 0.25) is 5.91 Å². The fraction of sp³-hybridized carbons (Fsp3) is 0.273. The molecule has 0 spiro atoms. The van der Waals surface area contributed by atoms with Crippen molar-refractivity contribution >= 4 is 63.1 Å². The molecule has 0 unspecified atom stereocenters. The van der Waals surface area contributed by atoms with Crippen molar-refractivity contribution in [2.45, 2.75) is 44.8 Å². The first-order chi connectivity index (χ1) is 29.9. The van der Waals surface area contributed by atoms with Gasteiger partial charge in [0.1, 0.15) is 17.2 Å². The van der Waals surface area contributed by atoms with E-state index in [9.17, 15) is 46.8 Å². The molecular formula is C44H37F5N8O5S. The zero-order valence-corrected chi connectivity index (χ0v) is 34.5. The highest BCUT2D eigenvalue weighted by Crippen LogP contribution is 2.40. The molecule has 0 bridgehead atoms. The molecule has 5 aromatic rings. The molecule has 2 saturated heterocycles. The Bertz CT molecular complexity index is 2800. The Kier molecular flexibility index (Phi) is 12.1. The number of anilines is 2. The van der Waals surface area contributed by atoms with Crippen molar-refractivity contribution < 1.29 is 41.1 Å². The number of nitriles is 1. The molecule has 2 N–H and O–H groups in total. The Hall–Kier alpha value is -7.07. The summed E-state index contributed by atoms with van der Waals surface area (Å²) in [6.07, 6.45) is -4.41. The normalized spacial score (nSPS) is 15.2. The maximum atomic E-state index is 15.5. The van der Waals surface area contributed by atoms with Crippen LogP contribution in [0, 0.1) is 23.0 Å². The molecule has 2 aliphatic heterocycles. The van der Waals surface area contributed by atoms with Crippen LogP contribution in [0.5, 0.6) is 0 Å². The van der Waals surface area contributed by atoms with Crippen LogP contribution in [0.25, 0.3) is 10.8 Å². The summed E-state index contributed by atoms with van der Waals surface area (Å²) in [7, 11) is 0. The second-order valence-corrected chi connectivity index (χ2v) is 15.8. The van der Waals surface area contributed by atoms with Crippen LogP contribution in [0.3, 0.4) is 0 Å². The van der Waals surface area contributed by atoms with Crippen LogP contribution in [-0.2, 0) is 22.2 Å². The monoisotopic (exact) mass is 884 g/mol. The molecule has 3 heterocycles. The molecule has 0 saturated carbocycles. The third-order valence-electron chi connectivity index (χ3n) is 11.0. The molecule has 0 atom stereocenters. The molecule has 19 heteroatoms. The summed E-state index contributed by atoms with van der Waals surface area (Å²) in [6.45, 7) is 3.64. The van der Waals surface area contributed by atoms with Gasteiger partial charge >= 0.3 is 6.18 Å². The summed E-state index contributed by atoms with van der Waals surface area (Å²) >= 11 is 5.51. The molecule has 324 valence electrons. The third kappa shape index (κ3) is 8.71. The van der Waals surface area contributed by atoms with Gasteiger partial charge in [0.15, 0.2) is 5.11 Å². The van der Waals surface area contributed by atoms with Crippen molar-refractivity contribution in [3.63, 3.8) is 0 Å². The van der Waals surface area contributed by atoms with Gasteiger partial charge in [-0.05, 0) is 92.6 Å². The van der Waals surface area contributed by atoms with E-state index in [4.69, 9.17) is 12.2 Å². The SMILES string of the molecule is CC1(C)C(=O)N(c2ccc(C#N)c(C(F)(F)F)c2)C(=S)N1c1ccc(C(=O)NCCCC(=O)N2CCN(C(=O)c3cc(Cc4n[nH]c(=O)c5ccccc45)ccc3F)CC2)c(F)c1. The van der Waals surface area contributed by atoms with Crippen LogP contribution in [0.2, 0.25) is 0 Å². The van der Waals surface area contributed by atoms with Gasteiger partial charge in [-0.15, -0.1) is 0 Å². The predicted octanol–water partition coefficient (Wildman–Crippen LogP) is 6.09. The highest BCUT2D eigenvalue weighted by molar-refractivity contribution is 7.81. The fourth-order valence-corrected chi connectivity index (χ4v) is 8.18. The minimum absolute atomic E-state index is 0.0153. The number of carbonyl (C=O) groups excluding carboxylic acids is 4. The van der Waals surface area contributed by atoms with Gasteiger partial charge in [0.25, 0.3) is 23.3 Å². The summed E-state index contributed by atoms with van der Waals surface area (Å²) in [6, 6.07) is 18.9. The second kappa shape index (κ2) is 17.4. The minimum atomic E-state index is -4.89. The Labute approximate surface area is 361 Å². The van der Waals surface area contributed by atoms with Gasteiger partial charge in [-0.2, -0.15) is 23.5 Å². The highest BCUT2D eigenvalue weighted by atomic mass is 32.1. The van der Waals surface area contributed by atoms with Crippen LogP contribution < -0.4 is 20.7 Å². The fourth-order valence-electron chi connectivity index (χ4n) is 7.66. The lowest BCUT2D eigenvalue weighted by molar-refractivity contribution is -0.138. The van der Waals surface area contributed by atoms with Crippen molar-refractivity contribution in [2.24, 2.45) is 0 Å². The number of halogens is 5. The quantitative estimate of drug-likeness (QED) is 0.0960. The second-order valence-electron chi connectivity index (χ2n) is 15.4. The summed E-state index contributed by atoms with van der Waals surface area (Å²) in [4.78, 5) is 70.3. The predicted molar refractivity (Wildman–Crippen MR) is 225 cm³/mol. The lowest BCUT2D eigenvalue weighted by Crippen LogP contribution is -2.50. The number of hydrogen-bond acceptors (Lipinski definition) is 8. The van der Waals surface area contributed by atoms with E-state index in [-0.39, 0.29) is 91.1 Å². The number of nitrogens with zero attached hydrogens (tertiary/aromatic N) is 6. The maximum absolute atomic E-state index is 15.5. The average molecular weight is 885 g/mol. The van der Waals surface area contributed by atoms with Crippen molar-refractivity contribution in [2.75, 3.05) is 42.5 Å². The molecule has 1 aromatic heterocycles. The van der Waals surface area contributed by atoms with Crippen LogP contribution in [0.15, 0.2) is 83.7 Å². The van der Waals surface area contributed by atoms with E-state index in [0.717, 1.165) is 23.1 Å². The first-order valence-electron chi connectivity index (χ1n) is 19.6. The highest BCUT2D eigenvalue weighted by Gasteiger charge is 2.51. The van der Waals surface area contributed by atoms with Crippen LogP contribution in [0.1, 0.15) is 69.8 Å². The molecule has 7 rings (SSSR count). The van der Waals surface area contributed by atoms with Crippen molar-refractivity contribution in [1.29, 1.82) is 5.26 Å². The first kappa shape index (κ1) is 44.0. The van der Waals surface area contributed by atoms with E-state index in [0.29, 0.717) is 28.1 Å². The van der Waals surface area contributed by atoms with Gasteiger partial charge in [0, 0.05) is 56.6 Å². The number of aromatic amines is 1. The molecule has 2 aliphatic rings. The number of rotatable bonds is 10. The van der Waals surface area contributed by atoms with Crippen LogP contribution in [-0.4, -0.2) is 87.0 Å². The van der Waals surface area contributed by atoms with Gasteiger partial charge in [0.05, 0.1) is 45.1 Å². The number of amides is 4. The van der Waals surface area contributed by atoms with Crippen molar-refractivity contribution in [1.82, 2.24) is 25.3 Å². The van der Waals surface area contributed by atoms with E-state index in [1.54, 1.807) is 35.2 Å². The number of benzene rings is 4. The lowest BCUT2D eigenvalue weighted by Gasteiger charge is -2.35. The van der Waals surface area contributed by atoms with Gasteiger partial charge in [-0.25, -0.2) is 13.9 Å². The van der Waals surface area contributed by atoms with E-state index in [1.165, 1.54) is 54.0 Å². The number of nitrogens with one attached hydrogen (secondary N) is 2. The Balaban J connectivity index is 0.905. The topological polar surface area (TPSA) is 163 Å². The summed E-state index contributed by atoms with van der Waals surface area (Å²) in [5, 5.41) is 19.2. The molecule has 4 amide bonds. The maximum Gasteiger partial charge on any atom is 0.417 e. The van der Waals surface area contributed by atoms with E-state index in [2.05, 4.69) is 15.5 Å². The van der Waals surface area contributed by atoms with E-state index >= 15 is 4.39 Å². The summed E-state index contributed by atoms with van der Waals surface area (Å²) < 4.78 is 71.6. The van der Waals surface area contributed by atoms with E-state index < -0.39 is 52.2 Å². The molecule has 2 fully saturated rings. The molecule has 0 radical (unpaired) electrons. The number of thiocarbonyl (C=S) groups is 1. The zero-order valence-electron chi connectivity index (χ0n) is 33.7. The number of hydrogen-bond donors (Lipinski definition) is 2. The third-order valence-corrected chi connectivity index (χ3v) is 11.4. The minimum Gasteiger partial charge on any atom is -0.352 e. The average Bonchev–Trinajstić information content (AvgIpc) is 3.44. The van der Waals surface area contributed by atoms with Crippen LogP contribution in [0.4, 0.5) is 33.3 Å². The van der Waals surface area contributed by atoms with E-state index in [1.807, 2.05) is 0 Å². The standard InChI is InChI=1S/C44H37F5N8O5S/c1-43(2)41(62)56(27-11-10-26(24-50)33(22-27)44(47,48)49)42(63)57(43)28-12-13-31(35(46)23-28)38(59)51-15-5-8-37(58)54-16-18-55(19-17-54)40(61)32-20-25(9-14-34(32)45)21-36-29-6-3-4-7-30(29)39(60)53-52-36/h3-4,6-7,9-14,20,22-23H,5,8,15-19,21H2,1-2H3,(H,51,59)(H,53,60). The van der Waals surface area contributed by atoms with Crippen molar-refractivity contribution in [3.8, 4) is 6.07 Å². The van der Waals surface area contributed by atoms with Crippen molar-refractivity contribution in [3.05, 3.63) is 134 Å². The van der Waals surface area contributed by atoms with Gasteiger partial charge < -0.3 is 20.0 Å². The Morgan fingerprint density at radius 3 is 2.24 bits per heavy atom. The largest absolute Gasteiger partial charge is 0.417 e. The number of fused-ring (bicyclic) bond motifs is 1. The number of piperazine rings is 1. The Morgan fingerprint density at radius 2 is 1.56 bits per heavy atom. The molecule has 13 nitrogen and oxygen atoms in total. The summed E-state index contributed by atoms with van der Waals surface area (Å²) in [5.74, 6) is -3.92. The summed E-state index contributed by atoms with van der Waals surface area (Å²) in [5.41, 5.74) is -3.19. The number of carbonyl (C=O) groups is 4. The number of alkyl halides is 3. The molecular weight excluding hydrogens is 848 g/mol. The smallest absolute Gasteiger partial charge is 0.352 e. The molecule has 63 heavy (non-hydrogen) atoms. The molecule has 4 aromatic carbocycles. The van der Waals surface area contributed by atoms with Gasteiger partial charge in [-0.1, -0.05) is 24.3 Å². The molecule has 0 aliphatic carbocycles. The zero-order chi connectivity index (χ0) is 45.4.